The highest BCUT2D eigenvalue weighted by Gasteiger charge is 2.25. The molecular formula is C6H12N2O3S. The summed E-state index contributed by atoms with van der Waals surface area (Å²) in [4.78, 5) is 22.3. The Balaban J connectivity index is 4.44. The van der Waals surface area contributed by atoms with E-state index in [-0.39, 0.29) is 12.3 Å². The van der Waals surface area contributed by atoms with Crippen molar-refractivity contribution in [2.24, 2.45) is 5.73 Å². The van der Waals surface area contributed by atoms with Crippen molar-refractivity contribution >= 4 is 24.6 Å². The number of rotatable bonds is 4. The molecule has 0 bridgehead atoms. The van der Waals surface area contributed by atoms with Gasteiger partial charge in [0, 0.05) is 12.3 Å². The number of urea groups is 1. The summed E-state index contributed by atoms with van der Waals surface area (Å²) < 4.78 is 0. The Morgan fingerprint density at radius 3 is 2.25 bits per heavy atom. The van der Waals surface area contributed by atoms with Crippen LogP contribution in [0.4, 0.5) is 4.79 Å². The zero-order chi connectivity index (χ0) is 9.72. The van der Waals surface area contributed by atoms with Crippen molar-refractivity contribution < 1.29 is 14.7 Å². The van der Waals surface area contributed by atoms with Crippen LogP contribution in [0.5, 0.6) is 0 Å². The molecule has 0 heterocycles. The van der Waals surface area contributed by atoms with Crippen molar-refractivity contribution in [1.82, 2.24) is 4.90 Å². The molecule has 2 amide bonds. The minimum atomic E-state index is -1.09. The maximum atomic E-state index is 10.7. The van der Waals surface area contributed by atoms with E-state index < -0.39 is 18.0 Å². The van der Waals surface area contributed by atoms with Gasteiger partial charge in [0.05, 0.1) is 0 Å². The summed E-state index contributed by atoms with van der Waals surface area (Å²) in [6, 6.07) is -1.67. The smallest absolute Gasteiger partial charge is 0.327 e. The van der Waals surface area contributed by atoms with E-state index in [0.717, 1.165) is 4.90 Å². The summed E-state index contributed by atoms with van der Waals surface area (Å²) in [5.74, 6) is -1.03. The van der Waals surface area contributed by atoms with Gasteiger partial charge in [-0.25, -0.2) is 9.59 Å². The summed E-state index contributed by atoms with van der Waals surface area (Å²) >= 11 is 3.81. The van der Waals surface area contributed by atoms with Crippen LogP contribution in [0, 0.1) is 0 Å². The van der Waals surface area contributed by atoms with E-state index in [1.165, 1.54) is 0 Å². The number of likely N-dealkylation sites (N-methyl/N-ethyl adjacent to an activating group) is 1. The quantitative estimate of drug-likeness (QED) is 0.538. The van der Waals surface area contributed by atoms with E-state index in [1.54, 1.807) is 6.92 Å². The number of nitrogens with zero attached hydrogens (tertiary/aromatic N) is 1. The highest BCUT2D eigenvalue weighted by atomic mass is 32.1. The summed E-state index contributed by atoms with van der Waals surface area (Å²) in [6.45, 7) is 1.93. The SMILES string of the molecule is CCN(C(N)=O)[C@@H](CS)C(=O)O. The first-order chi connectivity index (χ1) is 5.54. The van der Waals surface area contributed by atoms with Gasteiger partial charge in [0.1, 0.15) is 6.04 Å². The molecule has 0 aromatic rings. The Labute approximate surface area is 75.9 Å². The molecule has 0 aliphatic heterocycles. The second-order valence-corrected chi connectivity index (χ2v) is 2.53. The van der Waals surface area contributed by atoms with Gasteiger partial charge in [0.25, 0.3) is 0 Å². The number of thiol groups is 1. The summed E-state index contributed by atoms with van der Waals surface area (Å²) in [7, 11) is 0. The van der Waals surface area contributed by atoms with Gasteiger partial charge >= 0.3 is 12.0 Å². The number of primary amides is 1. The van der Waals surface area contributed by atoms with Crippen molar-refractivity contribution in [2.75, 3.05) is 12.3 Å². The average molecular weight is 192 g/mol. The highest BCUT2D eigenvalue weighted by molar-refractivity contribution is 7.80. The molecule has 0 spiro atoms. The van der Waals surface area contributed by atoms with Gasteiger partial charge in [-0.15, -0.1) is 0 Å². The Kier molecular flexibility index (Phi) is 4.50. The lowest BCUT2D eigenvalue weighted by Crippen LogP contribution is -2.48. The van der Waals surface area contributed by atoms with Gasteiger partial charge in [-0.1, -0.05) is 0 Å². The van der Waals surface area contributed by atoms with Crippen molar-refractivity contribution in [3.8, 4) is 0 Å². The van der Waals surface area contributed by atoms with E-state index in [1.807, 2.05) is 0 Å². The topological polar surface area (TPSA) is 83.6 Å². The summed E-state index contributed by atoms with van der Waals surface area (Å²) in [5, 5.41) is 8.63. The molecule has 0 radical (unpaired) electrons. The monoisotopic (exact) mass is 192 g/mol. The van der Waals surface area contributed by atoms with E-state index >= 15 is 0 Å². The van der Waals surface area contributed by atoms with Gasteiger partial charge < -0.3 is 15.7 Å². The largest absolute Gasteiger partial charge is 0.480 e. The molecule has 5 nitrogen and oxygen atoms in total. The fraction of sp³-hybridized carbons (Fsp3) is 0.667. The third-order valence-corrected chi connectivity index (χ3v) is 1.80. The molecule has 0 aromatic carbocycles. The second-order valence-electron chi connectivity index (χ2n) is 2.16. The van der Waals surface area contributed by atoms with Crippen LogP contribution >= 0.6 is 12.6 Å². The number of carbonyl (C=O) groups excluding carboxylic acids is 1. The predicted octanol–water partition coefficient (Wildman–Crippen LogP) is -0.230. The first-order valence-electron chi connectivity index (χ1n) is 3.44. The predicted molar refractivity (Wildman–Crippen MR) is 47.2 cm³/mol. The fourth-order valence-electron chi connectivity index (χ4n) is 0.840. The number of amides is 2. The molecule has 6 heteroatoms. The molecule has 1 atom stereocenters. The van der Waals surface area contributed by atoms with E-state index in [4.69, 9.17) is 10.8 Å². The zero-order valence-electron chi connectivity index (χ0n) is 6.73. The minimum Gasteiger partial charge on any atom is -0.480 e. The number of hydrogen-bond acceptors (Lipinski definition) is 3. The minimum absolute atomic E-state index is 0.0616. The molecule has 70 valence electrons. The van der Waals surface area contributed by atoms with E-state index in [9.17, 15) is 9.59 Å². The number of nitrogens with two attached hydrogens (primary N) is 1. The number of hydrogen-bond donors (Lipinski definition) is 3. The van der Waals surface area contributed by atoms with E-state index in [0.29, 0.717) is 0 Å². The lowest BCUT2D eigenvalue weighted by atomic mass is 10.3. The van der Waals surface area contributed by atoms with Crippen LogP contribution in [0.25, 0.3) is 0 Å². The van der Waals surface area contributed by atoms with Crippen molar-refractivity contribution in [1.29, 1.82) is 0 Å². The Bertz CT molecular complexity index is 166. The molecule has 0 unspecified atom stereocenters. The molecule has 12 heavy (non-hydrogen) atoms. The Morgan fingerprint density at radius 2 is 2.17 bits per heavy atom. The van der Waals surface area contributed by atoms with Crippen molar-refractivity contribution in [3.63, 3.8) is 0 Å². The maximum Gasteiger partial charge on any atom is 0.327 e. The fourth-order valence-corrected chi connectivity index (χ4v) is 1.19. The standard InChI is InChI=1S/C6H12N2O3S/c1-2-8(6(7)11)4(3-12)5(9)10/h4,12H,2-3H2,1H3,(H2,7,11)(H,9,10)/t4-/m0/s1. The molecule has 3 N–H and O–H groups in total. The molecular weight excluding hydrogens is 180 g/mol. The molecule has 0 aromatic heterocycles. The molecule has 0 fully saturated rings. The Hall–Kier alpha value is -0.910. The molecule has 0 saturated heterocycles. The molecule has 0 aliphatic carbocycles. The van der Waals surface area contributed by atoms with Crippen LogP contribution in [-0.2, 0) is 4.79 Å². The van der Waals surface area contributed by atoms with Crippen LogP contribution in [0.3, 0.4) is 0 Å². The normalized spacial score (nSPS) is 12.2. The lowest BCUT2D eigenvalue weighted by Gasteiger charge is -2.24. The maximum absolute atomic E-state index is 10.7. The van der Waals surface area contributed by atoms with Crippen LogP contribution in [0.15, 0.2) is 0 Å². The first-order valence-corrected chi connectivity index (χ1v) is 4.07. The van der Waals surface area contributed by atoms with Crippen LogP contribution in [-0.4, -0.2) is 40.3 Å². The summed E-state index contributed by atoms with van der Waals surface area (Å²) in [5.41, 5.74) is 4.95. The number of carbonyl (C=O) groups is 2. The molecule has 0 aliphatic rings. The van der Waals surface area contributed by atoms with Crippen LogP contribution in [0.1, 0.15) is 6.92 Å². The van der Waals surface area contributed by atoms with Crippen molar-refractivity contribution in [3.05, 3.63) is 0 Å². The van der Waals surface area contributed by atoms with Gasteiger partial charge in [0.15, 0.2) is 0 Å². The lowest BCUT2D eigenvalue weighted by molar-refractivity contribution is -0.141. The van der Waals surface area contributed by atoms with Gasteiger partial charge in [0.2, 0.25) is 0 Å². The third-order valence-electron chi connectivity index (χ3n) is 1.46. The zero-order valence-corrected chi connectivity index (χ0v) is 7.62. The second kappa shape index (κ2) is 4.87. The third kappa shape index (κ3) is 2.61. The average Bonchev–Trinajstić information content (AvgIpc) is 1.98. The highest BCUT2D eigenvalue weighted by Crippen LogP contribution is 2.01. The molecule has 0 saturated carbocycles. The number of carboxylic acid groups (broad SMARTS) is 1. The van der Waals surface area contributed by atoms with Crippen LogP contribution in [0.2, 0.25) is 0 Å². The number of aliphatic carboxylic acids is 1. The van der Waals surface area contributed by atoms with E-state index in [2.05, 4.69) is 12.6 Å². The number of carboxylic acids is 1. The molecule has 0 rings (SSSR count). The summed E-state index contributed by atoms with van der Waals surface area (Å²) in [6.07, 6.45) is 0. The van der Waals surface area contributed by atoms with Crippen LogP contribution < -0.4 is 5.73 Å². The Morgan fingerprint density at radius 1 is 1.67 bits per heavy atom. The van der Waals surface area contributed by atoms with Gasteiger partial charge in [-0.3, -0.25) is 0 Å². The first kappa shape index (κ1) is 11.1. The van der Waals surface area contributed by atoms with Gasteiger partial charge in [-0.2, -0.15) is 12.6 Å². The van der Waals surface area contributed by atoms with Crippen molar-refractivity contribution in [2.45, 2.75) is 13.0 Å². The van der Waals surface area contributed by atoms with Gasteiger partial charge in [-0.05, 0) is 6.92 Å².